The third-order valence-electron chi connectivity index (χ3n) is 4.60. The van der Waals surface area contributed by atoms with E-state index in [1.807, 2.05) is 18.2 Å². The summed E-state index contributed by atoms with van der Waals surface area (Å²) in [5.41, 5.74) is 0.528. The fourth-order valence-electron chi connectivity index (χ4n) is 3.36. The van der Waals surface area contributed by atoms with Gasteiger partial charge in [0.05, 0.1) is 18.5 Å². The van der Waals surface area contributed by atoms with E-state index in [1.165, 1.54) is 18.8 Å². The predicted molar refractivity (Wildman–Crippen MR) is 99.0 cm³/mol. The molecule has 146 valence electrons. The number of carbonyl (C=O) groups is 2. The van der Waals surface area contributed by atoms with E-state index in [0.29, 0.717) is 11.1 Å². The first-order valence-corrected chi connectivity index (χ1v) is 8.79. The summed E-state index contributed by atoms with van der Waals surface area (Å²) < 4.78 is 23.5. The van der Waals surface area contributed by atoms with Gasteiger partial charge in [0.1, 0.15) is 5.60 Å². The van der Waals surface area contributed by atoms with Crippen LogP contribution in [0.3, 0.4) is 0 Å². The van der Waals surface area contributed by atoms with Crippen LogP contribution in [0.15, 0.2) is 24.3 Å². The van der Waals surface area contributed by atoms with Gasteiger partial charge in [0.25, 0.3) is 0 Å². The molecule has 0 saturated heterocycles. The molecule has 2 atom stereocenters. The molecule has 1 aromatic carbocycles. The highest BCUT2D eigenvalue weighted by molar-refractivity contribution is 5.98. The second-order valence-corrected chi connectivity index (χ2v) is 7.77. The summed E-state index contributed by atoms with van der Waals surface area (Å²) in [6.07, 6.45) is -0.310. The molecule has 7 nitrogen and oxygen atoms in total. The van der Waals surface area contributed by atoms with Gasteiger partial charge in [-0.1, -0.05) is 18.2 Å². The molecule has 27 heavy (non-hydrogen) atoms. The maximum Gasteiger partial charge on any atom is 0.421 e. The van der Waals surface area contributed by atoms with E-state index in [1.54, 1.807) is 33.8 Å². The highest BCUT2D eigenvalue weighted by Crippen LogP contribution is 2.47. The highest BCUT2D eigenvalue weighted by Gasteiger charge is 2.45. The summed E-state index contributed by atoms with van der Waals surface area (Å²) in [6.45, 7) is 7.10. The first-order valence-electron chi connectivity index (χ1n) is 8.79. The molecule has 0 radical (unpaired) electrons. The number of hydrogen-bond donors (Lipinski definition) is 0. The molecule has 2 heterocycles. The first kappa shape index (κ1) is 19.2. The van der Waals surface area contributed by atoms with E-state index >= 15 is 0 Å². The molecule has 7 heteroatoms. The average molecular weight is 375 g/mol. The van der Waals surface area contributed by atoms with E-state index < -0.39 is 29.4 Å². The number of fused-ring (bicyclic) bond motifs is 3. The van der Waals surface area contributed by atoms with Gasteiger partial charge in [-0.05, 0) is 26.8 Å². The quantitative estimate of drug-likeness (QED) is 0.743. The topological polar surface area (TPSA) is 76.0 Å². The molecule has 0 aliphatic carbocycles. The molecule has 1 aliphatic rings. The largest absolute Gasteiger partial charge is 0.469 e. The van der Waals surface area contributed by atoms with E-state index in [-0.39, 0.29) is 12.3 Å². The Morgan fingerprint density at radius 2 is 1.89 bits per heavy atom. The second-order valence-electron chi connectivity index (χ2n) is 7.77. The van der Waals surface area contributed by atoms with Crippen LogP contribution in [0.5, 0.6) is 5.88 Å². The molecule has 1 aromatic heterocycles. The highest BCUT2D eigenvalue weighted by atomic mass is 16.7. The molecule has 0 bridgehead atoms. The maximum absolute atomic E-state index is 13.0. The Kier molecular flexibility index (Phi) is 4.67. The summed E-state index contributed by atoms with van der Waals surface area (Å²) in [6, 6.07) is 7.31. The monoisotopic (exact) mass is 375 g/mol. The van der Waals surface area contributed by atoms with E-state index in [2.05, 4.69) is 0 Å². The van der Waals surface area contributed by atoms with E-state index in [0.717, 1.165) is 5.39 Å². The summed E-state index contributed by atoms with van der Waals surface area (Å²) >= 11 is 0. The Morgan fingerprint density at radius 1 is 1.22 bits per heavy atom. The predicted octanol–water partition coefficient (Wildman–Crippen LogP) is 3.83. The normalized spacial score (nSPS) is 22.1. The lowest BCUT2D eigenvalue weighted by molar-refractivity contribution is -0.177. The van der Waals surface area contributed by atoms with Gasteiger partial charge in [0.15, 0.2) is 0 Å². The molecule has 0 N–H and O–H groups in total. The number of nitrogens with zero attached hydrogens (tertiary/aromatic N) is 1. The van der Waals surface area contributed by atoms with Gasteiger partial charge in [0, 0.05) is 31.4 Å². The van der Waals surface area contributed by atoms with Crippen molar-refractivity contribution in [3.63, 3.8) is 0 Å². The van der Waals surface area contributed by atoms with Crippen LogP contribution in [0, 0.1) is 0 Å². The van der Waals surface area contributed by atoms with Crippen LogP contribution >= 0.6 is 0 Å². The maximum atomic E-state index is 13.0. The Labute approximate surface area is 158 Å². The minimum atomic E-state index is -1.08. The van der Waals surface area contributed by atoms with Gasteiger partial charge in [-0.3, -0.25) is 4.79 Å². The van der Waals surface area contributed by atoms with Crippen molar-refractivity contribution in [3.05, 3.63) is 29.8 Å². The van der Waals surface area contributed by atoms with Crippen molar-refractivity contribution in [1.82, 2.24) is 4.57 Å². The summed E-state index contributed by atoms with van der Waals surface area (Å²) in [4.78, 5) is 25.5. The van der Waals surface area contributed by atoms with Crippen LogP contribution in [0.4, 0.5) is 4.79 Å². The zero-order valence-electron chi connectivity index (χ0n) is 16.5. The minimum Gasteiger partial charge on any atom is -0.469 e. The van der Waals surface area contributed by atoms with Crippen molar-refractivity contribution in [1.29, 1.82) is 0 Å². The number of para-hydroxylation sites is 1. The van der Waals surface area contributed by atoms with Crippen molar-refractivity contribution in [3.8, 4) is 5.88 Å². The summed E-state index contributed by atoms with van der Waals surface area (Å²) in [5, 5.41) is 0.743. The second kappa shape index (κ2) is 6.56. The van der Waals surface area contributed by atoms with Crippen LogP contribution in [0.25, 0.3) is 10.9 Å². The van der Waals surface area contributed by atoms with Gasteiger partial charge in [0.2, 0.25) is 11.7 Å². The number of hydrogen-bond acceptors (Lipinski definition) is 6. The fraction of sp³-hybridized carbons (Fsp3) is 0.500. The number of carbonyl (C=O) groups excluding carboxylic acids is 2. The van der Waals surface area contributed by atoms with Crippen LogP contribution in [-0.2, 0) is 19.0 Å². The molecular weight excluding hydrogens is 350 g/mol. The first-order chi connectivity index (χ1) is 12.6. The minimum absolute atomic E-state index is 0.247. The molecular formula is C20H25NO6. The van der Waals surface area contributed by atoms with Crippen LogP contribution in [-0.4, -0.2) is 42.2 Å². The number of methoxy groups -OCH3 is 2. The number of benzene rings is 1. The number of aromatic nitrogens is 1. The van der Waals surface area contributed by atoms with Crippen molar-refractivity contribution < 1.29 is 28.5 Å². The van der Waals surface area contributed by atoms with Crippen molar-refractivity contribution in [2.24, 2.45) is 0 Å². The van der Waals surface area contributed by atoms with Crippen molar-refractivity contribution in [2.45, 2.75) is 51.4 Å². The Morgan fingerprint density at radius 3 is 2.48 bits per heavy atom. The van der Waals surface area contributed by atoms with Crippen LogP contribution in [0.2, 0.25) is 0 Å². The molecule has 2 aromatic rings. The fourth-order valence-corrected chi connectivity index (χ4v) is 3.36. The smallest absolute Gasteiger partial charge is 0.421 e. The van der Waals surface area contributed by atoms with E-state index in [9.17, 15) is 9.59 Å². The summed E-state index contributed by atoms with van der Waals surface area (Å²) in [5.74, 6) is -1.87. The number of rotatable bonds is 2. The van der Waals surface area contributed by atoms with Gasteiger partial charge < -0.3 is 18.9 Å². The van der Waals surface area contributed by atoms with Crippen molar-refractivity contribution >= 4 is 23.0 Å². The Hall–Kier alpha value is -2.54. The van der Waals surface area contributed by atoms with Gasteiger partial charge in [-0.25, -0.2) is 9.36 Å². The molecule has 3 rings (SSSR count). The summed E-state index contributed by atoms with van der Waals surface area (Å²) in [7, 11) is 2.84. The molecule has 0 unspecified atom stereocenters. The van der Waals surface area contributed by atoms with E-state index in [4.69, 9.17) is 18.9 Å². The zero-order valence-corrected chi connectivity index (χ0v) is 16.5. The van der Waals surface area contributed by atoms with Crippen LogP contribution in [0.1, 0.15) is 45.6 Å². The lowest BCUT2D eigenvalue weighted by Gasteiger charge is -2.36. The van der Waals surface area contributed by atoms with Gasteiger partial charge in [-0.2, -0.15) is 0 Å². The van der Waals surface area contributed by atoms with Crippen LogP contribution < -0.4 is 4.74 Å². The Bertz CT molecular complexity index is 894. The third-order valence-corrected chi connectivity index (χ3v) is 4.60. The molecule has 1 aliphatic heterocycles. The lowest BCUT2D eigenvalue weighted by atomic mass is 9.89. The lowest BCUT2D eigenvalue weighted by Crippen LogP contribution is -2.42. The number of esters is 1. The third kappa shape index (κ3) is 3.39. The average Bonchev–Trinajstić information content (AvgIpc) is 2.92. The molecule has 0 saturated carbocycles. The van der Waals surface area contributed by atoms with Gasteiger partial charge >= 0.3 is 12.1 Å². The SMILES string of the molecule is COC(=O)[C@@H]1C[C@](C)(OC)Oc2c1c1ccccc1n2C(=O)OC(C)(C)C. The van der Waals surface area contributed by atoms with Gasteiger partial charge in [-0.15, -0.1) is 0 Å². The Balaban J connectivity index is 2.28. The van der Waals surface area contributed by atoms with Crippen molar-refractivity contribution in [2.75, 3.05) is 14.2 Å². The standard InChI is InChI=1S/C20H25NO6/c1-19(2,3)27-18(23)21-14-10-8-7-9-12(14)15-13(17(22)24-5)11-20(4,25-6)26-16(15)21/h7-10,13H,11H2,1-6H3/t13-,20-/m1/s1. The zero-order chi connectivity index (χ0) is 20.0. The molecule has 0 amide bonds. The number of ether oxygens (including phenoxy) is 4. The molecule has 0 spiro atoms. The molecule has 0 fully saturated rings.